The summed E-state index contributed by atoms with van der Waals surface area (Å²) in [6.07, 6.45) is 1.21. The first-order valence-electron chi connectivity index (χ1n) is 9.03. The lowest BCUT2D eigenvalue weighted by atomic mass is 10.1. The Morgan fingerprint density at radius 2 is 1.82 bits per heavy atom. The Bertz CT molecular complexity index is 907. The van der Waals surface area contributed by atoms with Gasteiger partial charge in [-0.05, 0) is 22.9 Å². The fourth-order valence-electron chi connectivity index (χ4n) is 2.62. The van der Waals surface area contributed by atoms with Gasteiger partial charge >= 0.3 is 0 Å². The first-order chi connectivity index (χ1) is 13.5. The predicted octanol–water partition coefficient (Wildman–Crippen LogP) is 3.78. The molecular weight excluding hydrogens is 392 g/mol. The van der Waals surface area contributed by atoms with Gasteiger partial charge in [0.2, 0.25) is 11.0 Å². The topological polar surface area (TPSA) is 84.0 Å². The summed E-state index contributed by atoms with van der Waals surface area (Å²) < 4.78 is 0. The van der Waals surface area contributed by atoms with Crippen LogP contribution in [0.1, 0.15) is 34.1 Å². The Kier molecular flexibility index (Phi) is 6.89. The van der Waals surface area contributed by atoms with Crippen molar-refractivity contribution in [3.63, 3.8) is 0 Å². The molecule has 146 valence electrons. The normalized spacial score (nSPS) is 12.0. The molecule has 3 rings (SSSR count). The van der Waals surface area contributed by atoms with E-state index in [1.54, 1.807) is 6.07 Å². The third kappa shape index (κ3) is 5.71. The quantitative estimate of drug-likeness (QED) is 0.588. The van der Waals surface area contributed by atoms with Crippen LogP contribution in [-0.4, -0.2) is 28.1 Å². The van der Waals surface area contributed by atoms with Crippen LogP contribution in [0.4, 0.5) is 5.13 Å². The fraction of sp³-hybridized carbons (Fsp3) is 0.300. The van der Waals surface area contributed by atoms with E-state index in [0.717, 1.165) is 17.0 Å². The molecule has 6 nitrogen and oxygen atoms in total. The number of hydrogen-bond acceptors (Lipinski definition) is 6. The maximum atomic E-state index is 12.9. The molecule has 2 aromatic heterocycles. The summed E-state index contributed by atoms with van der Waals surface area (Å²) in [6, 6.07) is 12.4. The summed E-state index contributed by atoms with van der Waals surface area (Å²) in [5.41, 5.74) is 0.965. The second kappa shape index (κ2) is 9.57. The van der Waals surface area contributed by atoms with E-state index in [0.29, 0.717) is 22.3 Å². The smallest absolute Gasteiger partial charge is 0.262 e. The molecule has 1 aromatic carbocycles. The van der Waals surface area contributed by atoms with Crippen LogP contribution in [0.2, 0.25) is 0 Å². The lowest BCUT2D eigenvalue weighted by Gasteiger charge is -2.17. The number of benzene rings is 1. The summed E-state index contributed by atoms with van der Waals surface area (Å²) in [7, 11) is 0. The predicted molar refractivity (Wildman–Crippen MR) is 113 cm³/mol. The lowest BCUT2D eigenvalue weighted by molar-refractivity contribution is -0.118. The standard InChI is InChI=1S/C20H22N4O2S2/c1-13(2)11-17-23-24-20(28-17)22-18(25)15(12-14-7-4-3-5-8-14)21-19(26)16-9-6-10-27-16/h3-10,13,15H,11-12H2,1-2H3,(H,21,26)(H,22,24,25). The van der Waals surface area contributed by atoms with Crippen molar-refractivity contribution in [1.29, 1.82) is 0 Å². The number of anilines is 1. The highest BCUT2D eigenvalue weighted by Crippen LogP contribution is 2.19. The van der Waals surface area contributed by atoms with Crippen molar-refractivity contribution in [2.45, 2.75) is 32.7 Å². The molecule has 0 spiro atoms. The molecule has 0 saturated heterocycles. The molecule has 2 N–H and O–H groups in total. The maximum Gasteiger partial charge on any atom is 0.262 e. The number of rotatable bonds is 8. The number of nitrogens with one attached hydrogen (secondary N) is 2. The highest BCUT2D eigenvalue weighted by Gasteiger charge is 2.23. The lowest BCUT2D eigenvalue weighted by Crippen LogP contribution is -2.45. The van der Waals surface area contributed by atoms with Crippen LogP contribution in [-0.2, 0) is 17.6 Å². The molecule has 0 saturated carbocycles. The molecule has 0 aliphatic heterocycles. The minimum Gasteiger partial charge on any atom is -0.339 e. The molecule has 0 bridgehead atoms. The van der Waals surface area contributed by atoms with Crippen molar-refractivity contribution in [2.75, 3.05) is 5.32 Å². The van der Waals surface area contributed by atoms with Gasteiger partial charge in [-0.3, -0.25) is 14.9 Å². The molecule has 28 heavy (non-hydrogen) atoms. The summed E-state index contributed by atoms with van der Waals surface area (Å²) in [5, 5.41) is 17.0. The third-order valence-corrected chi connectivity index (χ3v) is 5.66. The van der Waals surface area contributed by atoms with E-state index in [2.05, 4.69) is 34.7 Å². The molecule has 1 unspecified atom stereocenters. The summed E-state index contributed by atoms with van der Waals surface area (Å²) >= 11 is 2.71. The first-order valence-corrected chi connectivity index (χ1v) is 10.7. The van der Waals surface area contributed by atoms with Gasteiger partial charge in [-0.1, -0.05) is 61.6 Å². The number of amides is 2. The van der Waals surface area contributed by atoms with Crippen LogP contribution in [0.25, 0.3) is 0 Å². The van der Waals surface area contributed by atoms with Gasteiger partial charge in [-0.15, -0.1) is 21.5 Å². The number of carbonyl (C=O) groups is 2. The minimum absolute atomic E-state index is 0.260. The Balaban J connectivity index is 1.72. The van der Waals surface area contributed by atoms with Crippen molar-refractivity contribution in [2.24, 2.45) is 5.92 Å². The van der Waals surface area contributed by atoms with E-state index < -0.39 is 6.04 Å². The van der Waals surface area contributed by atoms with Gasteiger partial charge in [-0.25, -0.2) is 0 Å². The van der Waals surface area contributed by atoms with E-state index >= 15 is 0 Å². The first kappa shape index (κ1) is 20.2. The second-order valence-corrected chi connectivity index (χ2v) is 8.79. The molecule has 0 fully saturated rings. The Labute approximate surface area is 172 Å². The third-order valence-electron chi connectivity index (χ3n) is 3.93. The zero-order valence-corrected chi connectivity index (χ0v) is 17.3. The van der Waals surface area contributed by atoms with Gasteiger partial charge in [0.25, 0.3) is 5.91 Å². The summed E-state index contributed by atoms with van der Waals surface area (Å²) in [4.78, 5) is 25.9. The van der Waals surface area contributed by atoms with Gasteiger partial charge in [0.15, 0.2) is 0 Å². The molecule has 8 heteroatoms. The Morgan fingerprint density at radius 3 is 2.50 bits per heavy atom. The molecular formula is C20H22N4O2S2. The largest absolute Gasteiger partial charge is 0.339 e. The molecule has 2 amide bonds. The second-order valence-electron chi connectivity index (χ2n) is 6.78. The number of aromatic nitrogens is 2. The number of thiophene rings is 1. The van der Waals surface area contributed by atoms with E-state index in [1.165, 1.54) is 22.7 Å². The summed E-state index contributed by atoms with van der Waals surface area (Å²) in [5.74, 6) is -0.0998. The van der Waals surface area contributed by atoms with Crippen molar-refractivity contribution in [1.82, 2.24) is 15.5 Å². The SMILES string of the molecule is CC(C)Cc1nnc(NC(=O)C(Cc2ccccc2)NC(=O)c2cccs2)s1. The monoisotopic (exact) mass is 414 g/mol. The van der Waals surface area contributed by atoms with Crippen LogP contribution in [0.5, 0.6) is 0 Å². The molecule has 0 aliphatic rings. The Morgan fingerprint density at radius 1 is 1.04 bits per heavy atom. The van der Waals surface area contributed by atoms with Gasteiger partial charge in [0.05, 0.1) is 4.88 Å². The summed E-state index contributed by atoms with van der Waals surface area (Å²) in [6.45, 7) is 4.21. The van der Waals surface area contributed by atoms with Gasteiger partial charge in [-0.2, -0.15) is 0 Å². The number of carbonyl (C=O) groups excluding carboxylic acids is 2. The average Bonchev–Trinajstić information content (AvgIpc) is 3.34. The maximum absolute atomic E-state index is 12.9. The van der Waals surface area contributed by atoms with Gasteiger partial charge in [0.1, 0.15) is 11.0 Å². The van der Waals surface area contributed by atoms with Crippen LogP contribution >= 0.6 is 22.7 Å². The van der Waals surface area contributed by atoms with Crippen molar-refractivity contribution in [3.05, 3.63) is 63.3 Å². The number of hydrogen-bond donors (Lipinski definition) is 2. The minimum atomic E-state index is -0.713. The molecule has 0 aliphatic carbocycles. The Hall–Kier alpha value is -2.58. The van der Waals surface area contributed by atoms with E-state index in [-0.39, 0.29) is 11.8 Å². The van der Waals surface area contributed by atoms with Crippen molar-refractivity contribution < 1.29 is 9.59 Å². The van der Waals surface area contributed by atoms with Crippen molar-refractivity contribution in [3.8, 4) is 0 Å². The highest BCUT2D eigenvalue weighted by atomic mass is 32.1. The van der Waals surface area contributed by atoms with E-state index in [1.807, 2.05) is 41.8 Å². The van der Waals surface area contributed by atoms with Crippen LogP contribution in [0.15, 0.2) is 47.8 Å². The fourth-order valence-corrected chi connectivity index (χ4v) is 4.21. The molecule has 1 atom stereocenters. The van der Waals surface area contributed by atoms with Crippen LogP contribution in [0, 0.1) is 5.92 Å². The highest BCUT2D eigenvalue weighted by molar-refractivity contribution is 7.15. The van der Waals surface area contributed by atoms with Gasteiger partial charge < -0.3 is 5.32 Å². The average molecular weight is 415 g/mol. The zero-order valence-electron chi connectivity index (χ0n) is 15.7. The number of nitrogens with zero attached hydrogens (tertiary/aromatic N) is 2. The molecule has 0 radical (unpaired) electrons. The van der Waals surface area contributed by atoms with Crippen LogP contribution < -0.4 is 10.6 Å². The zero-order chi connectivity index (χ0) is 19.9. The van der Waals surface area contributed by atoms with E-state index in [9.17, 15) is 9.59 Å². The molecule has 3 aromatic rings. The van der Waals surface area contributed by atoms with Crippen LogP contribution in [0.3, 0.4) is 0 Å². The van der Waals surface area contributed by atoms with E-state index in [4.69, 9.17) is 0 Å². The van der Waals surface area contributed by atoms with Gasteiger partial charge in [0, 0.05) is 12.8 Å². The molecule has 2 heterocycles. The van der Waals surface area contributed by atoms with Crippen molar-refractivity contribution >= 4 is 39.6 Å².